The molecule has 2 aliphatic carbocycles. The first-order valence-electron chi connectivity index (χ1n) is 6.61. The molecular formula is C13H22N2S. The van der Waals surface area contributed by atoms with E-state index in [0.717, 1.165) is 12.5 Å². The standard InChI is InChI=1S/C13H22N2S/c1-3-12(2)9-16-11(15-12)14-8-13(6-7-13)10-4-5-10/h10H,3-9H2,1-2H3,(H,14,15). The summed E-state index contributed by atoms with van der Waals surface area (Å²) in [6, 6.07) is 0. The van der Waals surface area contributed by atoms with E-state index in [9.17, 15) is 0 Å². The Balaban J connectivity index is 1.58. The molecule has 1 N–H and O–H groups in total. The van der Waals surface area contributed by atoms with Crippen LogP contribution in [0.2, 0.25) is 0 Å². The van der Waals surface area contributed by atoms with Gasteiger partial charge in [0.15, 0.2) is 5.17 Å². The number of nitrogens with one attached hydrogen (secondary N) is 1. The van der Waals surface area contributed by atoms with Gasteiger partial charge in [-0.25, -0.2) is 0 Å². The van der Waals surface area contributed by atoms with Crippen LogP contribution >= 0.6 is 11.8 Å². The second-order valence-electron chi connectivity index (χ2n) is 6.09. The second kappa shape index (κ2) is 3.66. The van der Waals surface area contributed by atoms with E-state index in [4.69, 9.17) is 4.99 Å². The Bertz CT molecular complexity index is 318. The van der Waals surface area contributed by atoms with Gasteiger partial charge in [-0.15, -0.1) is 0 Å². The summed E-state index contributed by atoms with van der Waals surface area (Å²) in [7, 11) is 0. The Hall–Kier alpha value is -0.180. The van der Waals surface area contributed by atoms with E-state index < -0.39 is 0 Å². The number of amidine groups is 1. The van der Waals surface area contributed by atoms with E-state index in [0.29, 0.717) is 11.0 Å². The van der Waals surface area contributed by atoms with Crippen LogP contribution in [0.5, 0.6) is 0 Å². The summed E-state index contributed by atoms with van der Waals surface area (Å²) in [5, 5.41) is 4.79. The van der Waals surface area contributed by atoms with Gasteiger partial charge in [0.05, 0.1) is 0 Å². The SMILES string of the molecule is CCC1(C)CSC(=NCC2(C3CC3)CC2)N1. The predicted molar refractivity (Wildman–Crippen MR) is 71.0 cm³/mol. The Kier molecular flexibility index (Phi) is 2.50. The van der Waals surface area contributed by atoms with E-state index in [2.05, 4.69) is 19.2 Å². The first-order valence-corrected chi connectivity index (χ1v) is 7.60. The van der Waals surface area contributed by atoms with Crippen molar-refractivity contribution in [2.75, 3.05) is 12.3 Å². The fourth-order valence-corrected chi connectivity index (χ4v) is 3.82. The van der Waals surface area contributed by atoms with Crippen LogP contribution in [-0.2, 0) is 0 Å². The highest BCUT2D eigenvalue weighted by Crippen LogP contribution is 2.61. The minimum absolute atomic E-state index is 0.291. The van der Waals surface area contributed by atoms with Crippen LogP contribution in [0.3, 0.4) is 0 Å². The average molecular weight is 238 g/mol. The summed E-state index contributed by atoms with van der Waals surface area (Å²) >= 11 is 1.91. The van der Waals surface area contributed by atoms with Gasteiger partial charge in [0.25, 0.3) is 0 Å². The van der Waals surface area contributed by atoms with Gasteiger partial charge in [-0.3, -0.25) is 4.99 Å². The van der Waals surface area contributed by atoms with Crippen LogP contribution < -0.4 is 5.32 Å². The highest BCUT2D eigenvalue weighted by molar-refractivity contribution is 8.14. The first-order chi connectivity index (χ1) is 7.66. The molecule has 2 saturated carbocycles. The van der Waals surface area contributed by atoms with Crippen molar-refractivity contribution in [2.45, 2.75) is 51.5 Å². The van der Waals surface area contributed by atoms with Gasteiger partial charge in [0.2, 0.25) is 0 Å². The van der Waals surface area contributed by atoms with Gasteiger partial charge in [-0.05, 0) is 50.4 Å². The lowest BCUT2D eigenvalue weighted by molar-refractivity contribution is 0.447. The molecule has 1 aliphatic heterocycles. The van der Waals surface area contributed by atoms with Crippen molar-refractivity contribution in [3.63, 3.8) is 0 Å². The zero-order valence-corrected chi connectivity index (χ0v) is 11.2. The number of hydrogen-bond acceptors (Lipinski definition) is 2. The zero-order chi connectivity index (χ0) is 11.2. The molecule has 1 atom stereocenters. The number of aliphatic imine (C=N–C) groups is 1. The van der Waals surface area contributed by atoms with Gasteiger partial charge in [-0.2, -0.15) is 0 Å². The van der Waals surface area contributed by atoms with Gasteiger partial charge in [-0.1, -0.05) is 18.7 Å². The highest BCUT2D eigenvalue weighted by Gasteiger charge is 2.53. The number of nitrogens with zero attached hydrogens (tertiary/aromatic N) is 1. The number of rotatable bonds is 4. The highest BCUT2D eigenvalue weighted by atomic mass is 32.2. The van der Waals surface area contributed by atoms with Gasteiger partial charge in [0, 0.05) is 17.8 Å². The summed E-state index contributed by atoms with van der Waals surface area (Å²) in [5.74, 6) is 2.21. The van der Waals surface area contributed by atoms with E-state index in [1.54, 1.807) is 0 Å². The zero-order valence-electron chi connectivity index (χ0n) is 10.4. The summed E-state index contributed by atoms with van der Waals surface area (Å²) in [5.41, 5.74) is 0.945. The minimum atomic E-state index is 0.291. The lowest BCUT2D eigenvalue weighted by Gasteiger charge is -2.21. The minimum Gasteiger partial charge on any atom is -0.359 e. The maximum Gasteiger partial charge on any atom is 0.157 e. The van der Waals surface area contributed by atoms with Crippen molar-refractivity contribution in [3.05, 3.63) is 0 Å². The molecule has 0 amide bonds. The van der Waals surface area contributed by atoms with Crippen LogP contribution in [0.4, 0.5) is 0 Å². The van der Waals surface area contributed by atoms with E-state index in [1.807, 2.05) is 11.8 Å². The fraction of sp³-hybridized carbons (Fsp3) is 0.923. The molecule has 90 valence electrons. The quantitative estimate of drug-likeness (QED) is 0.814. The molecule has 0 spiro atoms. The third-order valence-electron chi connectivity index (χ3n) is 4.59. The van der Waals surface area contributed by atoms with Crippen molar-refractivity contribution in [2.24, 2.45) is 16.3 Å². The molecule has 0 aromatic carbocycles. The molecular weight excluding hydrogens is 216 g/mol. The molecule has 0 radical (unpaired) electrons. The van der Waals surface area contributed by atoms with Gasteiger partial charge >= 0.3 is 0 Å². The van der Waals surface area contributed by atoms with E-state index in [1.165, 1.54) is 43.0 Å². The topological polar surface area (TPSA) is 24.4 Å². The number of hydrogen-bond donors (Lipinski definition) is 1. The average Bonchev–Trinajstić information content (AvgIpc) is 3.15. The normalized spacial score (nSPS) is 38.8. The van der Waals surface area contributed by atoms with Crippen molar-refractivity contribution < 1.29 is 0 Å². The Morgan fingerprint density at radius 2 is 2.19 bits per heavy atom. The van der Waals surface area contributed by atoms with E-state index >= 15 is 0 Å². The monoisotopic (exact) mass is 238 g/mol. The smallest absolute Gasteiger partial charge is 0.157 e. The predicted octanol–water partition coefficient (Wildman–Crippen LogP) is 3.04. The fourth-order valence-electron chi connectivity index (χ4n) is 2.61. The molecule has 16 heavy (non-hydrogen) atoms. The largest absolute Gasteiger partial charge is 0.359 e. The molecule has 3 aliphatic rings. The molecule has 0 bridgehead atoms. The number of thioether (sulfide) groups is 1. The maximum absolute atomic E-state index is 4.83. The van der Waals surface area contributed by atoms with Crippen LogP contribution in [-0.4, -0.2) is 23.0 Å². The molecule has 3 fully saturated rings. The molecule has 1 saturated heterocycles. The maximum atomic E-state index is 4.83. The molecule has 1 heterocycles. The Morgan fingerprint density at radius 3 is 2.69 bits per heavy atom. The summed E-state index contributed by atoms with van der Waals surface area (Å²) in [6.45, 7) is 5.65. The molecule has 0 aromatic rings. The molecule has 0 aromatic heterocycles. The summed E-state index contributed by atoms with van der Waals surface area (Å²) < 4.78 is 0. The van der Waals surface area contributed by atoms with Crippen molar-refractivity contribution >= 4 is 16.9 Å². The van der Waals surface area contributed by atoms with Crippen molar-refractivity contribution in [1.29, 1.82) is 0 Å². The summed E-state index contributed by atoms with van der Waals surface area (Å²) in [4.78, 5) is 4.83. The second-order valence-corrected chi connectivity index (χ2v) is 7.05. The van der Waals surface area contributed by atoms with Crippen LogP contribution in [0.1, 0.15) is 46.0 Å². The lowest BCUT2D eigenvalue weighted by Crippen LogP contribution is -2.39. The molecule has 3 heteroatoms. The third-order valence-corrected chi connectivity index (χ3v) is 5.88. The van der Waals surface area contributed by atoms with Gasteiger partial charge in [0.1, 0.15) is 0 Å². The van der Waals surface area contributed by atoms with Gasteiger partial charge < -0.3 is 5.32 Å². The Morgan fingerprint density at radius 1 is 1.44 bits per heavy atom. The third kappa shape index (κ3) is 1.99. The molecule has 2 nitrogen and oxygen atoms in total. The first kappa shape index (κ1) is 10.9. The van der Waals surface area contributed by atoms with Crippen LogP contribution in [0, 0.1) is 11.3 Å². The Labute approximate surface area is 103 Å². The van der Waals surface area contributed by atoms with Crippen LogP contribution in [0.15, 0.2) is 4.99 Å². The van der Waals surface area contributed by atoms with Crippen molar-refractivity contribution in [1.82, 2.24) is 5.32 Å². The molecule has 3 rings (SSSR count). The lowest BCUT2D eigenvalue weighted by atomic mass is 10.0. The molecule has 1 unspecified atom stereocenters. The van der Waals surface area contributed by atoms with E-state index in [-0.39, 0.29) is 0 Å². The summed E-state index contributed by atoms with van der Waals surface area (Å²) in [6.07, 6.45) is 7.00. The van der Waals surface area contributed by atoms with Crippen molar-refractivity contribution in [3.8, 4) is 0 Å². The van der Waals surface area contributed by atoms with Crippen LogP contribution in [0.25, 0.3) is 0 Å².